The summed E-state index contributed by atoms with van der Waals surface area (Å²) in [6.45, 7) is 7.05. The molecule has 0 bridgehead atoms. The Kier molecular flexibility index (Phi) is 8.96. The third-order valence-corrected chi connectivity index (χ3v) is 3.61. The van der Waals surface area contributed by atoms with Gasteiger partial charge in [0.15, 0.2) is 5.82 Å². The summed E-state index contributed by atoms with van der Waals surface area (Å²) in [6.07, 6.45) is 3.42. The highest BCUT2D eigenvalue weighted by molar-refractivity contribution is 5.85. The third-order valence-electron chi connectivity index (χ3n) is 3.61. The van der Waals surface area contributed by atoms with Gasteiger partial charge in [-0.25, -0.2) is 9.67 Å². The van der Waals surface area contributed by atoms with Crippen molar-refractivity contribution >= 4 is 30.7 Å². The Balaban J connectivity index is 0.00000220. The fourth-order valence-corrected chi connectivity index (χ4v) is 2.58. The summed E-state index contributed by atoms with van der Waals surface area (Å²) < 4.78 is 1.92. The average molecular weight is 352 g/mol. The van der Waals surface area contributed by atoms with Crippen molar-refractivity contribution in [2.24, 2.45) is 11.7 Å². The standard InChI is InChI=1S/C14H25N5O.2ClH/c1-4-12-17-13-11(6-5-7-19(13)18-12)16-14(20)10(15)8-9(2)3;;/h9-11H,4-8,15H2,1-3H3,(H,16,20);2*1H/t10-,11?;;/m0../s1. The highest BCUT2D eigenvalue weighted by Gasteiger charge is 2.27. The first-order valence-corrected chi connectivity index (χ1v) is 7.50. The number of carbonyl (C=O) groups excluding carboxylic acids is 1. The molecule has 0 spiro atoms. The van der Waals surface area contributed by atoms with Gasteiger partial charge in [-0.3, -0.25) is 4.79 Å². The van der Waals surface area contributed by atoms with Crippen LogP contribution in [-0.2, 0) is 17.8 Å². The molecule has 0 saturated carbocycles. The predicted octanol–water partition coefficient (Wildman–Crippen LogP) is 2.01. The lowest BCUT2D eigenvalue weighted by molar-refractivity contribution is -0.123. The minimum absolute atomic E-state index is 0. The monoisotopic (exact) mass is 351 g/mol. The van der Waals surface area contributed by atoms with E-state index in [-0.39, 0.29) is 36.8 Å². The number of amides is 1. The molecular weight excluding hydrogens is 325 g/mol. The molecule has 0 radical (unpaired) electrons. The fourth-order valence-electron chi connectivity index (χ4n) is 2.58. The van der Waals surface area contributed by atoms with Gasteiger partial charge in [0.05, 0.1) is 12.1 Å². The maximum Gasteiger partial charge on any atom is 0.237 e. The first-order valence-electron chi connectivity index (χ1n) is 7.50. The van der Waals surface area contributed by atoms with Gasteiger partial charge in [0.25, 0.3) is 0 Å². The number of hydrogen-bond acceptors (Lipinski definition) is 4. The van der Waals surface area contributed by atoms with Crippen molar-refractivity contribution in [1.82, 2.24) is 20.1 Å². The van der Waals surface area contributed by atoms with Crippen LogP contribution in [0.15, 0.2) is 0 Å². The minimum Gasteiger partial charge on any atom is -0.345 e. The Hall–Kier alpha value is -0.850. The van der Waals surface area contributed by atoms with Gasteiger partial charge in [-0.15, -0.1) is 24.8 Å². The second-order valence-electron chi connectivity index (χ2n) is 5.90. The molecule has 6 nitrogen and oxygen atoms in total. The van der Waals surface area contributed by atoms with E-state index in [1.54, 1.807) is 0 Å². The number of aromatic nitrogens is 3. The van der Waals surface area contributed by atoms with E-state index >= 15 is 0 Å². The van der Waals surface area contributed by atoms with E-state index in [2.05, 4.69) is 29.2 Å². The molecule has 1 aliphatic heterocycles. The SMILES string of the molecule is CCc1nc2n(n1)CCCC2NC(=O)[C@@H](N)CC(C)C.Cl.Cl. The quantitative estimate of drug-likeness (QED) is 0.849. The molecule has 1 amide bonds. The van der Waals surface area contributed by atoms with E-state index in [1.165, 1.54) is 0 Å². The van der Waals surface area contributed by atoms with E-state index in [0.29, 0.717) is 12.3 Å². The first-order chi connectivity index (χ1) is 9.51. The van der Waals surface area contributed by atoms with Crippen molar-refractivity contribution in [3.8, 4) is 0 Å². The Bertz CT molecular complexity index is 478. The van der Waals surface area contributed by atoms with Gasteiger partial charge in [-0.2, -0.15) is 5.10 Å². The molecule has 8 heteroatoms. The lowest BCUT2D eigenvalue weighted by atomic mass is 10.0. The summed E-state index contributed by atoms with van der Waals surface area (Å²) in [5, 5.41) is 7.47. The van der Waals surface area contributed by atoms with Crippen LogP contribution >= 0.6 is 24.8 Å². The number of nitrogens with zero attached hydrogens (tertiary/aromatic N) is 3. The summed E-state index contributed by atoms with van der Waals surface area (Å²) in [6, 6.07) is -0.499. The van der Waals surface area contributed by atoms with Gasteiger partial charge in [-0.05, 0) is 25.2 Å². The average Bonchev–Trinajstić information content (AvgIpc) is 2.82. The van der Waals surface area contributed by atoms with Crippen LogP contribution in [-0.4, -0.2) is 26.7 Å². The molecule has 1 unspecified atom stereocenters. The van der Waals surface area contributed by atoms with Gasteiger partial charge < -0.3 is 11.1 Å². The molecule has 1 aromatic heterocycles. The third kappa shape index (κ3) is 5.11. The summed E-state index contributed by atoms with van der Waals surface area (Å²) in [7, 11) is 0. The lowest BCUT2D eigenvalue weighted by Crippen LogP contribution is -2.44. The molecule has 1 aromatic rings. The van der Waals surface area contributed by atoms with Crippen LogP contribution in [0.2, 0.25) is 0 Å². The molecule has 0 saturated heterocycles. The van der Waals surface area contributed by atoms with Crippen LogP contribution in [0.5, 0.6) is 0 Å². The molecule has 2 rings (SSSR count). The lowest BCUT2D eigenvalue weighted by Gasteiger charge is -2.24. The smallest absolute Gasteiger partial charge is 0.237 e. The molecule has 0 fully saturated rings. The molecule has 22 heavy (non-hydrogen) atoms. The van der Waals surface area contributed by atoms with E-state index < -0.39 is 6.04 Å². The molecule has 2 heterocycles. The minimum atomic E-state index is -0.445. The van der Waals surface area contributed by atoms with Crippen molar-refractivity contribution in [2.75, 3.05) is 0 Å². The highest BCUT2D eigenvalue weighted by atomic mass is 35.5. The number of hydrogen-bond donors (Lipinski definition) is 2. The molecule has 128 valence electrons. The number of carbonyl (C=O) groups is 1. The highest BCUT2D eigenvalue weighted by Crippen LogP contribution is 2.23. The van der Waals surface area contributed by atoms with Gasteiger partial charge >= 0.3 is 0 Å². The first kappa shape index (κ1) is 21.1. The second-order valence-corrected chi connectivity index (χ2v) is 5.90. The van der Waals surface area contributed by atoms with Crippen LogP contribution in [0.3, 0.4) is 0 Å². The van der Waals surface area contributed by atoms with Crippen LogP contribution in [0, 0.1) is 5.92 Å². The van der Waals surface area contributed by atoms with E-state index in [0.717, 1.165) is 37.5 Å². The molecule has 0 aromatic carbocycles. The van der Waals surface area contributed by atoms with E-state index in [9.17, 15) is 4.79 Å². The van der Waals surface area contributed by atoms with E-state index in [1.807, 2.05) is 11.6 Å². The van der Waals surface area contributed by atoms with Crippen molar-refractivity contribution in [3.05, 3.63) is 11.6 Å². The normalized spacial score (nSPS) is 18.0. The summed E-state index contributed by atoms with van der Waals surface area (Å²) >= 11 is 0. The van der Waals surface area contributed by atoms with Gasteiger partial charge in [0, 0.05) is 13.0 Å². The number of aryl methyl sites for hydroxylation is 2. The van der Waals surface area contributed by atoms with Crippen molar-refractivity contribution in [1.29, 1.82) is 0 Å². The molecular formula is C14H27Cl2N5O. The number of nitrogens with one attached hydrogen (secondary N) is 1. The largest absolute Gasteiger partial charge is 0.345 e. The summed E-state index contributed by atoms with van der Waals surface area (Å²) in [5.74, 6) is 2.04. The Morgan fingerprint density at radius 3 is 2.73 bits per heavy atom. The van der Waals surface area contributed by atoms with Crippen molar-refractivity contribution < 1.29 is 4.79 Å². The summed E-state index contributed by atoms with van der Waals surface area (Å²) in [5.41, 5.74) is 5.93. The molecule has 1 aliphatic rings. The number of nitrogens with two attached hydrogens (primary N) is 1. The van der Waals surface area contributed by atoms with Gasteiger partial charge in [-0.1, -0.05) is 20.8 Å². The zero-order valence-corrected chi connectivity index (χ0v) is 15.0. The maximum absolute atomic E-state index is 12.1. The summed E-state index contributed by atoms with van der Waals surface area (Å²) in [4.78, 5) is 16.7. The zero-order valence-electron chi connectivity index (χ0n) is 13.4. The number of rotatable bonds is 5. The van der Waals surface area contributed by atoms with Crippen LogP contribution in [0.1, 0.15) is 57.7 Å². The van der Waals surface area contributed by atoms with Crippen LogP contribution in [0.25, 0.3) is 0 Å². The van der Waals surface area contributed by atoms with Gasteiger partial charge in [0.2, 0.25) is 5.91 Å². The Labute approximate surface area is 144 Å². The van der Waals surface area contributed by atoms with Crippen molar-refractivity contribution in [3.63, 3.8) is 0 Å². The Morgan fingerprint density at radius 2 is 2.14 bits per heavy atom. The van der Waals surface area contributed by atoms with Gasteiger partial charge in [0.1, 0.15) is 5.82 Å². The second kappa shape index (κ2) is 9.33. The topological polar surface area (TPSA) is 85.8 Å². The zero-order chi connectivity index (χ0) is 14.7. The van der Waals surface area contributed by atoms with Crippen molar-refractivity contribution in [2.45, 2.75) is 65.1 Å². The molecule has 3 N–H and O–H groups in total. The van der Waals surface area contributed by atoms with Crippen LogP contribution < -0.4 is 11.1 Å². The van der Waals surface area contributed by atoms with E-state index in [4.69, 9.17) is 5.73 Å². The number of fused-ring (bicyclic) bond motifs is 1. The maximum atomic E-state index is 12.1. The molecule has 0 aliphatic carbocycles. The Morgan fingerprint density at radius 1 is 1.45 bits per heavy atom. The van der Waals surface area contributed by atoms with Crippen LogP contribution in [0.4, 0.5) is 0 Å². The number of halogens is 2. The fraction of sp³-hybridized carbons (Fsp3) is 0.786. The predicted molar refractivity (Wildman–Crippen MR) is 91.4 cm³/mol. The molecule has 2 atom stereocenters.